The van der Waals surface area contributed by atoms with Crippen LogP contribution in [0.1, 0.15) is 25.3 Å². The maximum absolute atomic E-state index is 11.9. The molecule has 0 bridgehead atoms. The fourth-order valence-corrected chi connectivity index (χ4v) is 2.28. The predicted molar refractivity (Wildman–Crippen MR) is 79.8 cm³/mol. The molecule has 1 saturated carbocycles. The van der Waals surface area contributed by atoms with E-state index in [1.807, 2.05) is 0 Å². The van der Waals surface area contributed by atoms with Gasteiger partial charge < -0.3 is 10.6 Å². The molecule has 108 valence electrons. The van der Waals surface area contributed by atoms with Gasteiger partial charge in [-0.1, -0.05) is 0 Å². The van der Waals surface area contributed by atoms with Gasteiger partial charge in [0.25, 0.3) is 5.69 Å². The van der Waals surface area contributed by atoms with Crippen molar-refractivity contribution in [3.8, 4) is 0 Å². The van der Waals surface area contributed by atoms with E-state index in [4.69, 9.17) is 0 Å². The lowest BCUT2D eigenvalue weighted by Crippen LogP contribution is -2.38. The first kappa shape index (κ1) is 14.8. The summed E-state index contributed by atoms with van der Waals surface area (Å²) in [6.45, 7) is 3.44. The zero-order chi connectivity index (χ0) is 14.9. The van der Waals surface area contributed by atoms with Gasteiger partial charge >= 0.3 is 0 Å². The number of amides is 1. The van der Waals surface area contributed by atoms with E-state index in [-0.39, 0.29) is 11.6 Å². The van der Waals surface area contributed by atoms with Crippen LogP contribution < -0.4 is 10.6 Å². The lowest BCUT2D eigenvalue weighted by Gasteiger charge is -2.16. The molecule has 1 aliphatic carbocycles. The van der Waals surface area contributed by atoms with Crippen LogP contribution in [0.2, 0.25) is 0 Å². The van der Waals surface area contributed by atoms with Crippen LogP contribution in [0.3, 0.4) is 0 Å². The van der Waals surface area contributed by atoms with Crippen LogP contribution >= 0.6 is 15.9 Å². The number of nitro groups is 1. The topological polar surface area (TPSA) is 84.3 Å². The Morgan fingerprint density at radius 1 is 1.50 bits per heavy atom. The van der Waals surface area contributed by atoms with E-state index in [1.165, 1.54) is 6.07 Å². The molecule has 1 aromatic carbocycles. The average Bonchev–Trinajstić information content (AvgIpc) is 3.16. The SMILES string of the molecule is Cc1cc(NC(C)C(=O)NC2CC2)c(Br)cc1[N+](=O)[O-]. The van der Waals surface area contributed by atoms with E-state index in [9.17, 15) is 14.9 Å². The van der Waals surface area contributed by atoms with Crippen molar-refractivity contribution < 1.29 is 9.72 Å². The third-order valence-electron chi connectivity index (χ3n) is 3.17. The summed E-state index contributed by atoms with van der Waals surface area (Å²) >= 11 is 3.29. The van der Waals surface area contributed by atoms with Crippen LogP contribution in [0.5, 0.6) is 0 Å². The molecular formula is C13H16BrN3O3. The highest BCUT2D eigenvalue weighted by molar-refractivity contribution is 9.10. The summed E-state index contributed by atoms with van der Waals surface area (Å²) in [5, 5.41) is 16.8. The van der Waals surface area contributed by atoms with Crippen LogP contribution in [0, 0.1) is 17.0 Å². The van der Waals surface area contributed by atoms with Gasteiger partial charge in [-0.3, -0.25) is 14.9 Å². The Morgan fingerprint density at radius 3 is 2.70 bits per heavy atom. The van der Waals surface area contributed by atoms with E-state index in [0.717, 1.165) is 12.8 Å². The summed E-state index contributed by atoms with van der Waals surface area (Å²) in [6, 6.07) is 3.04. The minimum absolute atomic E-state index is 0.0533. The molecule has 0 radical (unpaired) electrons. The lowest BCUT2D eigenvalue weighted by molar-refractivity contribution is -0.385. The van der Waals surface area contributed by atoms with E-state index in [0.29, 0.717) is 21.8 Å². The molecular weight excluding hydrogens is 326 g/mol. The largest absolute Gasteiger partial charge is 0.373 e. The molecule has 1 fully saturated rings. The second-order valence-electron chi connectivity index (χ2n) is 5.02. The Morgan fingerprint density at radius 2 is 2.15 bits per heavy atom. The summed E-state index contributed by atoms with van der Waals surface area (Å²) in [6.07, 6.45) is 2.08. The Kier molecular flexibility index (Phi) is 4.27. The van der Waals surface area contributed by atoms with Gasteiger partial charge in [0.05, 0.1) is 4.92 Å². The molecule has 0 spiro atoms. The lowest BCUT2D eigenvalue weighted by atomic mass is 10.1. The number of anilines is 1. The second-order valence-corrected chi connectivity index (χ2v) is 5.88. The molecule has 1 amide bonds. The Bertz CT molecular complexity index is 558. The van der Waals surface area contributed by atoms with Gasteiger partial charge in [-0.2, -0.15) is 0 Å². The van der Waals surface area contributed by atoms with Crippen molar-refractivity contribution in [2.45, 2.75) is 38.8 Å². The van der Waals surface area contributed by atoms with Crippen molar-refractivity contribution in [1.29, 1.82) is 0 Å². The zero-order valence-corrected chi connectivity index (χ0v) is 12.9. The van der Waals surface area contributed by atoms with Crippen LogP contribution in [0.25, 0.3) is 0 Å². The van der Waals surface area contributed by atoms with Crippen molar-refractivity contribution >= 4 is 33.2 Å². The maximum Gasteiger partial charge on any atom is 0.273 e. The average molecular weight is 342 g/mol. The number of rotatable bonds is 5. The first-order valence-corrected chi connectivity index (χ1v) is 7.19. The summed E-state index contributed by atoms with van der Waals surface area (Å²) in [7, 11) is 0. The number of nitrogens with zero attached hydrogens (tertiary/aromatic N) is 1. The molecule has 0 aromatic heterocycles. The highest BCUT2D eigenvalue weighted by Crippen LogP contribution is 2.31. The number of nitro benzene ring substituents is 1. The van der Waals surface area contributed by atoms with E-state index in [2.05, 4.69) is 26.6 Å². The zero-order valence-electron chi connectivity index (χ0n) is 11.3. The number of hydrogen-bond acceptors (Lipinski definition) is 4. The van der Waals surface area contributed by atoms with Crippen molar-refractivity contribution in [2.75, 3.05) is 5.32 Å². The van der Waals surface area contributed by atoms with Crippen molar-refractivity contribution in [1.82, 2.24) is 5.32 Å². The molecule has 1 aromatic rings. The minimum Gasteiger partial charge on any atom is -0.373 e. The highest BCUT2D eigenvalue weighted by atomic mass is 79.9. The number of carbonyl (C=O) groups is 1. The number of hydrogen-bond donors (Lipinski definition) is 2. The summed E-state index contributed by atoms with van der Waals surface area (Å²) in [4.78, 5) is 22.3. The molecule has 2 rings (SSSR count). The molecule has 0 aliphatic heterocycles. The monoisotopic (exact) mass is 341 g/mol. The number of carbonyl (C=O) groups excluding carboxylic acids is 1. The number of benzene rings is 1. The fourth-order valence-electron chi connectivity index (χ4n) is 1.83. The van der Waals surface area contributed by atoms with Gasteiger partial charge in [0, 0.05) is 27.8 Å². The van der Waals surface area contributed by atoms with Crippen LogP contribution in [0.4, 0.5) is 11.4 Å². The molecule has 20 heavy (non-hydrogen) atoms. The summed E-state index contributed by atoms with van der Waals surface area (Å²) < 4.78 is 0.570. The molecule has 7 heteroatoms. The highest BCUT2D eigenvalue weighted by Gasteiger charge is 2.26. The Hall–Kier alpha value is -1.63. The Labute approximate surface area is 125 Å². The van der Waals surface area contributed by atoms with Crippen LogP contribution in [-0.4, -0.2) is 22.9 Å². The van der Waals surface area contributed by atoms with Gasteiger partial charge in [-0.15, -0.1) is 0 Å². The third kappa shape index (κ3) is 3.47. The number of aryl methyl sites for hydroxylation is 1. The molecule has 1 unspecified atom stereocenters. The maximum atomic E-state index is 11.9. The molecule has 0 heterocycles. The van der Waals surface area contributed by atoms with Gasteiger partial charge in [0.15, 0.2) is 0 Å². The van der Waals surface area contributed by atoms with Gasteiger partial charge in [-0.05, 0) is 48.7 Å². The van der Waals surface area contributed by atoms with Crippen LogP contribution in [-0.2, 0) is 4.79 Å². The molecule has 2 N–H and O–H groups in total. The summed E-state index contributed by atoms with van der Waals surface area (Å²) in [5.74, 6) is -0.0598. The quantitative estimate of drug-likeness (QED) is 0.637. The Balaban J connectivity index is 2.10. The first-order chi connectivity index (χ1) is 9.38. The predicted octanol–water partition coefficient (Wildman–Crippen LogP) is 2.74. The first-order valence-electron chi connectivity index (χ1n) is 6.40. The second kappa shape index (κ2) is 5.78. The smallest absolute Gasteiger partial charge is 0.273 e. The standard InChI is InChI=1S/C13H16BrN3O3/c1-7-5-11(10(14)6-12(7)17(19)20)15-8(2)13(18)16-9-3-4-9/h5-6,8-9,15H,3-4H2,1-2H3,(H,16,18). The molecule has 1 atom stereocenters. The van der Waals surface area contributed by atoms with E-state index in [1.54, 1.807) is 19.9 Å². The van der Waals surface area contributed by atoms with Crippen LogP contribution in [0.15, 0.2) is 16.6 Å². The number of nitrogens with one attached hydrogen (secondary N) is 2. The van der Waals surface area contributed by atoms with Gasteiger partial charge in [0.2, 0.25) is 5.91 Å². The number of halogens is 1. The molecule has 0 saturated heterocycles. The molecule has 1 aliphatic rings. The van der Waals surface area contributed by atoms with E-state index < -0.39 is 11.0 Å². The minimum atomic E-state index is -0.424. The van der Waals surface area contributed by atoms with Gasteiger partial charge in [0.1, 0.15) is 6.04 Å². The summed E-state index contributed by atoms with van der Waals surface area (Å²) in [5.41, 5.74) is 1.28. The normalized spacial score (nSPS) is 15.6. The van der Waals surface area contributed by atoms with Crippen molar-refractivity contribution in [3.05, 3.63) is 32.3 Å². The van der Waals surface area contributed by atoms with Crippen molar-refractivity contribution in [2.24, 2.45) is 0 Å². The van der Waals surface area contributed by atoms with E-state index >= 15 is 0 Å². The fraction of sp³-hybridized carbons (Fsp3) is 0.462. The third-order valence-corrected chi connectivity index (χ3v) is 3.83. The van der Waals surface area contributed by atoms with Gasteiger partial charge in [-0.25, -0.2) is 0 Å². The molecule has 6 nitrogen and oxygen atoms in total. The van der Waals surface area contributed by atoms with Crippen molar-refractivity contribution in [3.63, 3.8) is 0 Å².